The van der Waals surface area contributed by atoms with Gasteiger partial charge in [0.1, 0.15) is 0 Å². The standard InChI is InChI=1S/C24H36N2O2S/c1-17-12-20(10-9-11-26(7)8)16-22(13-17)25-29(27,28)23-18(2)14-21(15-19(23)3)24(4,5)6/h12-16,25H,9-11H2,1-8H3. The molecule has 5 heteroatoms. The van der Waals surface area contributed by atoms with Crippen LogP contribution in [0, 0.1) is 20.8 Å². The van der Waals surface area contributed by atoms with Gasteiger partial charge < -0.3 is 4.90 Å². The molecule has 0 spiro atoms. The van der Waals surface area contributed by atoms with Crippen molar-refractivity contribution in [3.8, 4) is 0 Å². The van der Waals surface area contributed by atoms with Crippen molar-refractivity contribution in [2.75, 3.05) is 25.4 Å². The van der Waals surface area contributed by atoms with E-state index >= 15 is 0 Å². The first-order valence-corrected chi connectivity index (χ1v) is 11.7. The molecule has 0 saturated carbocycles. The third kappa shape index (κ3) is 6.31. The molecule has 0 atom stereocenters. The summed E-state index contributed by atoms with van der Waals surface area (Å²) >= 11 is 0. The third-order valence-corrected chi connectivity index (χ3v) is 6.74. The van der Waals surface area contributed by atoms with E-state index in [0.717, 1.165) is 47.2 Å². The van der Waals surface area contributed by atoms with Gasteiger partial charge in [-0.3, -0.25) is 4.72 Å². The Bertz CT molecular complexity index is 948. The average Bonchev–Trinajstić information content (AvgIpc) is 2.51. The minimum absolute atomic E-state index is 0.0246. The number of aryl methyl sites for hydroxylation is 4. The summed E-state index contributed by atoms with van der Waals surface area (Å²) in [6.45, 7) is 13.2. The molecular weight excluding hydrogens is 380 g/mol. The Morgan fingerprint density at radius 2 is 1.52 bits per heavy atom. The topological polar surface area (TPSA) is 49.4 Å². The number of hydrogen-bond acceptors (Lipinski definition) is 3. The maximum absolute atomic E-state index is 13.2. The third-order valence-electron chi connectivity index (χ3n) is 5.06. The lowest BCUT2D eigenvalue weighted by Gasteiger charge is -2.22. The zero-order chi connectivity index (χ0) is 22.0. The van der Waals surface area contributed by atoms with Crippen LogP contribution in [0.1, 0.15) is 55.0 Å². The Morgan fingerprint density at radius 3 is 2.03 bits per heavy atom. The van der Waals surface area contributed by atoms with E-state index in [2.05, 4.69) is 50.6 Å². The molecule has 4 nitrogen and oxygen atoms in total. The van der Waals surface area contributed by atoms with Crippen LogP contribution < -0.4 is 4.72 Å². The first kappa shape index (κ1) is 23.4. The van der Waals surface area contributed by atoms with E-state index in [4.69, 9.17) is 0 Å². The maximum Gasteiger partial charge on any atom is 0.262 e. The number of nitrogens with zero attached hydrogens (tertiary/aromatic N) is 1. The number of rotatable bonds is 7. The van der Waals surface area contributed by atoms with Crippen molar-refractivity contribution in [3.63, 3.8) is 0 Å². The number of sulfonamides is 1. The minimum Gasteiger partial charge on any atom is -0.309 e. The van der Waals surface area contributed by atoms with E-state index < -0.39 is 10.0 Å². The predicted octanol–water partition coefficient (Wildman–Crippen LogP) is 5.20. The molecular formula is C24H36N2O2S. The molecule has 2 aromatic rings. The fraction of sp³-hybridized carbons (Fsp3) is 0.500. The van der Waals surface area contributed by atoms with Crippen molar-refractivity contribution in [2.24, 2.45) is 0 Å². The van der Waals surface area contributed by atoms with Crippen LogP contribution in [-0.4, -0.2) is 34.0 Å². The molecule has 0 aliphatic rings. The van der Waals surface area contributed by atoms with Gasteiger partial charge in [0, 0.05) is 5.69 Å². The molecule has 0 saturated heterocycles. The van der Waals surface area contributed by atoms with Gasteiger partial charge in [0.15, 0.2) is 0 Å². The highest BCUT2D eigenvalue weighted by Gasteiger charge is 2.23. The van der Waals surface area contributed by atoms with Crippen molar-refractivity contribution in [1.29, 1.82) is 0 Å². The normalized spacial score (nSPS) is 12.4. The molecule has 1 N–H and O–H groups in total. The zero-order valence-corrected chi connectivity index (χ0v) is 20.0. The predicted molar refractivity (Wildman–Crippen MR) is 123 cm³/mol. The number of benzene rings is 2. The largest absolute Gasteiger partial charge is 0.309 e. The Balaban J connectivity index is 2.33. The molecule has 29 heavy (non-hydrogen) atoms. The Labute approximate surface area is 177 Å². The molecule has 0 aliphatic carbocycles. The summed E-state index contributed by atoms with van der Waals surface area (Å²) in [7, 11) is 0.459. The molecule has 0 heterocycles. The number of anilines is 1. The summed E-state index contributed by atoms with van der Waals surface area (Å²) < 4.78 is 29.2. The van der Waals surface area contributed by atoms with Crippen LogP contribution in [0.4, 0.5) is 5.69 Å². The van der Waals surface area contributed by atoms with Gasteiger partial charge in [-0.2, -0.15) is 0 Å². The highest BCUT2D eigenvalue weighted by atomic mass is 32.2. The van der Waals surface area contributed by atoms with Gasteiger partial charge in [-0.1, -0.05) is 39.0 Å². The molecule has 0 aromatic heterocycles. The van der Waals surface area contributed by atoms with Crippen LogP contribution in [0.3, 0.4) is 0 Å². The van der Waals surface area contributed by atoms with Gasteiger partial charge in [-0.15, -0.1) is 0 Å². The van der Waals surface area contributed by atoms with Crippen LogP contribution in [0.2, 0.25) is 0 Å². The van der Waals surface area contributed by atoms with E-state index in [9.17, 15) is 8.42 Å². The van der Waals surface area contributed by atoms with E-state index in [0.29, 0.717) is 10.6 Å². The number of hydrogen-bond donors (Lipinski definition) is 1. The second-order valence-corrected chi connectivity index (χ2v) is 11.0. The summed E-state index contributed by atoms with van der Waals surface area (Å²) in [5.74, 6) is 0. The molecule has 0 amide bonds. The lowest BCUT2D eigenvalue weighted by Crippen LogP contribution is -2.18. The van der Waals surface area contributed by atoms with E-state index in [1.807, 2.05) is 45.0 Å². The quantitative estimate of drug-likeness (QED) is 0.674. The lowest BCUT2D eigenvalue weighted by atomic mass is 9.85. The monoisotopic (exact) mass is 416 g/mol. The van der Waals surface area contributed by atoms with Crippen LogP contribution in [-0.2, 0) is 21.9 Å². The summed E-state index contributed by atoms with van der Waals surface area (Å²) in [5, 5.41) is 0. The van der Waals surface area contributed by atoms with E-state index in [-0.39, 0.29) is 5.41 Å². The van der Waals surface area contributed by atoms with Crippen molar-refractivity contribution >= 4 is 15.7 Å². The fourth-order valence-corrected chi connectivity index (χ4v) is 5.17. The molecule has 0 aliphatic heterocycles. The minimum atomic E-state index is -3.66. The molecule has 2 rings (SSSR count). The van der Waals surface area contributed by atoms with Crippen LogP contribution in [0.5, 0.6) is 0 Å². The molecule has 160 valence electrons. The Kier molecular flexibility index (Phi) is 7.18. The van der Waals surface area contributed by atoms with E-state index in [1.165, 1.54) is 0 Å². The van der Waals surface area contributed by atoms with E-state index in [1.54, 1.807) is 0 Å². The zero-order valence-electron chi connectivity index (χ0n) is 19.2. The summed E-state index contributed by atoms with van der Waals surface area (Å²) in [6, 6.07) is 9.95. The van der Waals surface area contributed by atoms with Gasteiger partial charge in [0.05, 0.1) is 4.90 Å². The average molecular weight is 417 g/mol. The van der Waals surface area contributed by atoms with Gasteiger partial charge in [0.25, 0.3) is 10.0 Å². The smallest absolute Gasteiger partial charge is 0.262 e. The highest BCUT2D eigenvalue weighted by Crippen LogP contribution is 2.30. The molecule has 0 unspecified atom stereocenters. The summed E-state index contributed by atoms with van der Waals surface area (Å²) in [6.07, 6.45) is 1.96. The van der Waals surface area contributed by atoms with Crippen molar-refractivity contribution in [3.05, 3.63) is 58.1 Å². The van der Waals surface area contributed by atoms with Crippen LogP contribution >= 0.6 is 0 Å². The van der Waals surface area contributed by atoms with Crippen molar-refractivity contribution in [2.45, 2.75) is 64.7 Å². The van der Waals surface area contributed by atoms with Crippen LogP contribution in [0.25, 0.3) is 0 Å². The Morgan fingerprint density at radius 1 is 0.931 bits per heavy atom. The summed E-state index contributed by atoms with van der Waals surface area (Å²) in [4.78, 5) is 2.54. The SMILES string of the molecule is Cc1cc(CCCN(C)C)cc(NS(=O)(=O)c2c(C)cc(C(C)(C)C)cc2C)c1. The van der Waals surface area contributed by atoms with Crippen molar-refractivity contribution < 1.29 is 8.42 Å². The lowest BCUT2D eigenvalue weighted by molar-refractivity contribution is 0.400. The first-order valence-electron chi connectivity index (χ1n) is 10.2. The van der Waals surface area contributed by atoms with Gasteiger partial charge >= 0.3 is 0 Å². The Hall–Kier alpha value is -1.85. The number of nitrogens with one attached hydrogen (secondary N) is 1. The highest BCUT2D eigenvalue weighted by molar-refractivity contribution is 7.92. The van der Waals surface area contributed by atoms with Crippen molar-refractivity contribution in [1.82, 2.24) is 4.90 Å². The molecule has 0 radical (unpaired) electrons. The molecule has 0 bridgehead atoms. The fourth-order valence-electron chi connectivity index (χ4n) is 3.68. The second-order valence-electron chi connectivity index (χ2n) is 9.41. The second kappa shape index (κ2) is 8.88. The molecule has 2 aromatic carbocycles. The van der Waals surface area contributed by atoms with Gasteiger partial charge in [-0.25, -0.2) is 8.42 Å². The van der Waals surface area contributed by atoms with Crippen LogP contribution in [0.15, 0.2) is 35.2 Å². The van der Waals surface area contributed by atoms with Gasteiger partial charge in [-0.05, 0) is 99.6 Å². The summed E-state index contributed by atoms with van der Waals surface area (Å²) in [5.41, 5.74) is 5.52. The first-order chi connectivity index (χ1) is 13.3. The van der Waals surface area contributed by atoms with Gasteiger partial charge in [0.2, 0.25) is 0 Å². The maximum atomic E-state index is 13.2. The molecule has 0 fully saturated rings.